The Morgan fingerprint density at radius 1 is 1.10 bits per heavy atom. The number of aryl methyl sites for hydroxylation is 1. The summed E-state index contributed by atoms with van der Waals surface area (Å²) in [5, 5.41) is 4.79. The van der Waals surface area contributed by atoms with Crippen LogP contribution in [0.25, 0.3) is 0 Å². The molecule has 1 aliphatic heterocycles. The molecule has 3 aliphatic rings. The first-order valence-electron chi connectivity index (χ1n) is 8.80. The maximum atomic E-state index is 5.10. The van der Waals surface area contributed by atoms with Crippen molar-refractivity contribution in [1.82, 2.24) is 10.3 Å². The van der Waals surface area contributed by atoms with E-state index < -0.39 is 0 Å². The number of anilines is 1. The predicted octanol–water partition coefficient (Wildman–Crippen LogP) is 3.90. The number of hydrogen-bond acceptors (Lipinski definition) is 4. The number of rotatable bonds is 2. The van der Waals surface area contributed by atoms with E-state index in [1.165, 1.54) is 75.2 Å². The molecule has 1 aromatic heterocycles. The van der Waals surface area contributed by atoms with Crippen LogP contribution < -0.4 is 10.2 Å². The molecule has 2 heterocycles. The van der Waals surface area contributed by atoms with Crippen LogP contribution >= 0.6 is 11.3 Å². The van der Waals surface area contributed by atoms with Crippen molar-refractivity contribution in [1.29, 1.82) is 0 Å². The molecule has 0 radical (unpaired) electrons. The molecule has 1 N–H and O–H groups in total. The number of nitrogens with one attached hydrogen (secondary N) is 1. The highest BCUT2D eigenvalue weighted by Gasteiger charge is 2.35. The van der Waals surface area contributed by atoms with Gasteiger partial charge in [0.15, 0.2) is 5.13 Å². The van der Waals surface area contributed by atoms with Crippen molar-refractivity contribution in [3.8, 4) is 0 Å². The van der Waals surface area contributed by atoms with Gasteiger partial charge in [0.25, 0.3) is 0 Å². The number of thiazole rings is 1. The van der Waals surface area contributed by atoms with Crippen LogP contribution in [0.4, 0.5) is 5.13 Å². The van der Waals surface area contributed by atoms with Crippen LogP contribution in [0.15, 0.2) is 0 Å². The summed E-state index contributed by atoms with van der Waals surface area (Å²) in [6, 6.07) is 1.28. The van der Waals surface area contributed by atoms with Gasteiger partial charge in [-0.25, -0.2) is 4.98 Å². The number of nitrogens with zero attached hydrogens (tertiary/aromatic N) is 2. The van der Waals surface area contributed by atoms with Crippen LogP contribution in [0.3, 0.4) is 0 Å². The van der Waals surface area contributed by atoms with Gasteiger partial charge in [-0.05, 0) is 57.9 Å². The van der Waals surface area contributed by atoms with E-state index >= 15 is 0 Å². The maximum Gasteiger partial charge on any atom is 0.186 e. The lowest BCUT2D eigenvalue weighted by Crippen LogP contribution is -2.46. The SMILES string of the molecule is CNC1CCCc2sc(N3CCC[C@H]4CCCC[C@H]43)nc21. The van der Waals surface area contributed by atoms with Crippen molar-refractivity contribution in [2.45, 2.75) is 69.9 Å². The summed E-state index contributed by atoms with van der Waals surface area (Å²) < 4.78 is 0. The van der Waals surface area contributed by atoms with Gasteiger partial charge in [0.2, 0.25) is 0 Å². The van der Waals surface area contributed by atoms with Crippen molar-refractivity contribution in [2.24, 2.45) is 5.92 Å². The molecular formula is C17H27N3S. The Balaban J connectivity index is 1.62. The van der Waals surface area contributed by atoms with E-state index in [-0.39, 0.29) is 0 Å². The van der Waals surface area contributed by atoms with Crippen molar-refractivity contribution < 1.29 is 0 Å². The molecule has 2 aliphatic carbocycles. The molecule has 3 atom stereocenters. The Labute approximate surface area is 132 Å². The smallest absolute Gasteiger partial charge is 0.186 e. The summed E-state index contributed by atoms with van der Waals surface area (Å²) in [4.78, 5) is 9.33. The van der Waals surface area contributed by atoms with Crippen molar-refractivity contribution in [2.75, 3.05) is 18.5 Å². The van der Waals surface area contributed by atoms with Gasteiger partial charge in [0.05, 0.1) is 11.7 Å². The monoisotopic (exact) mass is 305 g/mol. The zero-order valence-corrected chi connectivity index (χ0v) is 13.9. The predicted molar refractivity (Wildman–Crippen MR) is 89.2 cm³/mol. The summed E-state index contributed by atoms with van der Waals surface area (Å²) in [6.07, 6.45) is 12.3. The Hall–Kier alpha value is -0.610. The van der Waals surface area contributed by atoms with Gasteiger partial charge in [0, 0.05) is 17.5 Å². The third kappa shape index (κ3) is 2.50. The molecule has 0 amide bonds. The van der Waals surface area contributed by atoms with E-state index in [1.807, 2.05) is 11.3 Å². The number of fused-ring (bicyclic) bond motifs is 2. The molecular weight excluding hydrogens is 278 g/mol. The van der Waals surface area contributed by atoms with E-state index in [9.17, 15) is 0 Å². The Morgan fingerprint density at radius 3 is 2.86 bits per heavy atom. The highest BCUT2D eigenvalue weighted by Crippen LogP contribution is 2.42. The topological polar surface area (TPSA) is 28.2 Å². The van der Waals surface area contributed by atoms with E-state index in [1.54, 1.807) is 4.88 Å². The highest BCUT2D eigenvalue weighted by molar-refractivity contribution is 7.15. The molecule has 0 spiro atoms. The van der Waals surface area contributed by atoms with Crippen LogP contribution in [0.5, 0.6) is 0 Å². The second-order valence-corrected chi connectivity index (χ2v) is 8.05. The Morgan fingerprint density at radius 2 is 1.95 bits per heavy atom. The molecule has 0 aromatic carbocycles. The lowest BCUT2D eigenvalue weighted by atomic mass is 9.78. The normalized spacial score (nSPS) is 32.6. The van der Waals surface area contributed by atoms with E-state index in [0.29, 0.717) is 6.04 Å². The van der Waals surface area contributed by atoms with Crippen LogP contribution in [-0.2, 0) is 6.42 Å². The minimum absolute atomic E-state index is 0.491. The molecule has 1 saturated carbocycles. The van der Waals surface area contributed by atoms with Gasteiger partial charge >= 0.3 is 0 Å². The van der Waals surface area contributed by atoms with E-state index in [2.05, 4.69) is 17.3 Å². The van der Waals surface area contributed by atoms with Crippen LogP contribution in [0, 0.1) is 5.92 Å². The second kappa shape index (κ2) is 5.88. The summed E-state index contributed by atoms with van der Waals surface area (Å²) in [7, 11) is 2.08. The third-order valence-electron chi connectivity index (χ3n) is 5.78. The molecule has 3 nitrogen and oxygen atoms in total. The molecule has 4 rings (SSSR count). The lowest BCUT2D eigenvalue weighted by molar-refractivity contribution is 0.243. The maximum absolute atomic E-state index is 5.10. The number of hydrogen-bond donors (Lipinski definition) is 1. The van der Waals surface area contributed by atoms with Crippen LogP contribution in [0.1, 0.15) is 68.0 Å². The number of piperidine rings is 1. The zero-order chi connectivity index (χ0) is 14.2. The van der Waals surface area contributed by atoms with Crippen molar-refractivity contribution in [3.63, 3.8) is 0 Å². The summed E-state index contributed by atoms with van der Waals surface area (Å²) in [5.74, 6) is 0.938. The van der Waals surface area contributed by atoms with Gasteiger partial charge in [-0.2, -0.15) is 0 Å². The minimum atomic E-state index is 0.491. The summed E-state index contributed by atoms with van der Waals surface area (Å²) >= 11 is 1.99. The van der Waals surface area contributed by atoms with Crippen LogP contribution in [-0.4, -0.2) is 24.6 Å². The molecule has 0 bridgehead atoms. The highest BCUT2D eigenvalue weighted by atomic mass is 32.1. The van der Waals surface area contributed by atoms with E-state index in [0.717, 1.165) is 12.0 Å². The molecule has 1 aromatic rings. The average Bonchev–Trinajstić information content (AvgIpc) is 2.98. The molecule has 21 heavy (non-hydrogen) atoms. The largest absolute Gasteiger partial charge is 0.345 e. The fraction of sp³-hybridized carbons (Fsp3) is 0.824. The fourth-order valence-corrected chi connectivity index (χ4v) is 5.92. The summed E-state index contributed by atoms with van der Waals surface area (Å²) in [6.45, 7) is 1.23. The second-order valence-electron chi connectivity index (χ2n) is 6.99. The van der Waals surface area contributed by atoms with Crippen molar-refractivity contribution in [3.05, 3.63) is 10.6 Å². The van der Waals surface area contributed by atoms with Gasteiger partial charge in [-0.1, -0.05) is 12.8 Å². The molecule has 1 unspecified atom stereocenters. The standard InChI is InChI=1S/C17H27N3S/c1-18-13-8-4-10-15-16(13)19-17(21-15)20-11-5-7-12-6-2-3-9-14(12)20/h12-14,18H,2-11H2,1H3/t12-,13?,14-/m1/s1. The molecule has 1 saturated heterocycles. The number of aromatic nitrogens is 1. The first kappa shape index (κ1) is 14.0. The van der Waals surface area contributed by atoms with Gasteiger partial charge in [-0.3, -0.25) is 0 Å². The Bertz CT molecular complexity index is 496. The van der Waals surface area contributed by atoms with Crippen molar-refractivity contribution >= 4 is 16.5 Å². The fourth-order valence-electron chi connectivity index (χ4n) is 4.67. The minimum Gasteiger partial charge on any atom is -0.345 e. The summed E-state index contributed by atoms with van der Waals surface area (Å²) in [5.41, 5.74) is 1.36. The Kier molecular flexibility index (Phi) is 3.92. The molecule has 2 fully saturated rings. The average molecular weight is 305 g/mol. The molecule has 116 valence electrons. The first-order chi connectivity index (χ1) is 10.4. The quantitative estimate of drug-likeness (QED) is 0.898. The molecule has 4 heteroatoms. The first-order valence-corrected chi connectivity index (χ1v) is 9.62. The van der Waals surface area contributed by atoms with Gasteiger partial charge in [-0.15, -0.1) is 11.3 Å². The lowest BCUT2D eigenvalue weighted by Gasteiger charge is -2.44. The third-order valence-corrected chi connectivity index (χ3v) is 6.95. The van der Waals surface area contributed by atoms with Gasteiger partial charge in [0.1, 0.15) is 0 Å². The zero-order valence-electron chi connectivity index (χ0n) is 13.1. The van der Waals surface area contributed by atoms with Gasteiger partial charge < -0.3 is 10.2 Å². The van der Waals surface area contributed by atoms with E-state index in [4.69, 9.17) is 4.98 Å². The van der Waals surface area contributed by atoms with Crippen LogP contribution in [0.2, 0.25) is 0 Å².